The highest BCUT2D eigenvalue weighted by molar-refractivity contribution is 8.77. The Morgan fingerprint density at radius 2 is 1.62 bits per heavy atom. The van der Waals surface area contributed by atoms with Crippen molar-refractivity contribution in [2.24, 2.45) is 4.99 Å². The summed E-state index contributed by atoms with van der Waals surface area (Å²) in [6, 6.07) is 28.0. The molecule has 0 aliphatic heterocycles. The van der Waals surface area contributed by atoms with Crippen LogP contribution in [0.2, 0.25) is 0 Å². The summed E-state index contributed by atoms with van der Waals surface area (Å²) in [5.74, 6) is 1.33. The Bertz CT molecular complexity index is 877. The van der Waals surface area contributed by atoms with Crippen molar-refractivity contribution in [3.8, 4) is 5.75 Å². The normalized spacial score (nSPS) is 11.7. The second kappa shape index (κ2) is 9.90. The first-order valence-electron chi connectivity index (χ1n) is 8.23. The van der Waals surface area contributed by atoms with Gasteiger partial charge in [-0.2, -0.15) is 0 Å². The minimum Gasteiger partial charge on any atom is -0.439 e. The predicted molar refractivity (Wildman–Crippen MR) is 114 cm³/mol. The fourth-order valence-electron chi connectivity index (χ4n) is 2.17. The molecule has 0 N–H and O–H groups in total. The molecule has 0 aliphatic carbocycles. The van der Waals surface area contributed by atoms with Crippen molar-refractivity contribution in [2.75, 3.05) is 0 Å². The summed E-state index contributed by atoms with van der Waals surface area (Å²) in [6.45, 7) is 2.05. The molecule has 130 valence electrons. The molecule has 4 heteroatoms. The molecule has 3 aromatic rings. The Hall–Kier alpha value is -2.43. The lowest BCUT2D eigenvalue weighted by atomic mass is 10.2. The van der Waals surface area contributed by atoms with Gasteiger partial charge < -0.3 is 4.74 Å². The quantitative estimate of drug-likeness (QED) is 0.261. The molecule has 0 amide bonds. The van der Waals surface area contributed by atoms with E-state index in [9.17, 15) is 0 Å². The lowest BCUT2D eigenvalue weighted by Crippen LogP contribution is -2.04. The zero-order valence-corrected chi connectivity index (χ0v) is 16.0. The summed E-state index contributed by atoms with van der Waals surface area (Å²) in [5.41, 5.74) is 2.05. The van der Waals surface area contributed by atoms with Gasteiger partial charge in [-0.1, -0.05) is 70.1 Å². The maximum absolute atomic E-state index is 5.95. The molecule has 0 heterocycles. The average Bonchev–Trinajstić information content (AvgIpc) is 2.67. The number of rotatable bonds is 6. The maximum Gasteiger partial charge on any atom is 0.220 e. The first kappa shape index (κ1) is 18.4. The van der Waals surface area contributed by atoms with Crippen LogP contribution in [0.15, 0.2) is 106 Å². The Kier molecular flexibility index (Phi) is 6.99. The molecule has 26 heavy (non-hydrogen) atoms. The molecular weight excluding hydrogens is 358 g/mol. The molecule has 0 radical (unpaired) electrons. The van der Waals surface area contributed by atoms with Gasteiger partial charge in [-0.25, -0.2) is 4.99 Å². The number of benzene rings is 3. The third-order valence-electron chi connectivity index (χ3n) is 3.36. The molecule has 3 aromatic carbocycles. The van der Waals surface area contributed by atoms with Crippen LogP contribution in [-0.4, -0.2) is 5.90 Å². The molecule has 0 saturated carbocycles. The first-order valence-corrected chi connectivity index (χ1v) is 10.4. The van der Waals surface area contributed by atoms with E-state index in [1.165, 1.54) is 10.5 Å². The molecule has 0 aliphatic rings. The number of hydrogen-bond donors (Lipinski definition) is 0. The molecule has 0 atom stereocenters. The second-order valence-electron chi connectivity index (χ2n) is 5.50. The van der Waals surface area contributed by atoms with Gasteiger partial charge in [-0.15, -0.1) is 0 Å². The highest BCUT2D eigenvalue weighted by Crippen LogP contribution is 2.31. The molecule has 0 aromatic heterocycles. The highest BCUT2D eigenvalue weighted by atomic mass is 33.1. The van der Waals surface area contributed by atoms with Crippen molar-refractivity contribution in [1.82, 2.24) is 0 Å². The predicted octanol–water partition coefficient (Wildman–Crippen LogP) is 7.06. The summed E-state index contributed by atoms with van der Waals surface area (Å²) in [4.78, 5) is 5.86. The van der Waals surface area contributed by atoms with E-state index < -0.39 is 0 Å². The number of para-hydroxylation sites is 1. The molecule has 0 unspecified atom stereocenters. The van der Waals surface area contributed by atoms with Gasteiger partial charge in [0.15, 0.2) is 0 Å². The van der Waals surface area contributed by atoms with E-state index in [2.05, 4.69) is 30.1 Å². The summed E-state index contributed by atoms with van der Waals surface area (Å²) in [5, 5.41) is 2.00. The molecular formula is C22H19NOS2. The average molecular weight is 378 g/mol. The van der Waals surface area contributed by atoms with Crippen molar-refractivity contribution in [1.29, 1.82) is 0 Å². The third kappa shape index (κ3) is 6.14. The molecule has 0 spiro atoms. The van der Waals surface area contributed by atoms with E-state index >= 15 is 0 Å². The van der Waals surface area contributed by atoms with E-state index in [1.807, 2.05) is 78.2 Å². The van der Waals surface area contributed by atoms with Crippen LogP contribution in [0, 0.1) is 6.92 Å². The smallest absolute Gasteiger partial charge is 0.220 e. The zero-order chi connectivity index (χ0) is 18.0. The highest BCUT2D eigenvalue weighted by Gasteiger charge is 2.01. The topological polar surface area (TPSA) is 21.6 Å². The number of aryl methyl sites for hydroxylation is 1. The minimum atomic E-state index is 0.558. The van der Waals surface area contributed by atoms with Crippen LogP contribution in [0.3, 0.4) is 0 Å². The van der Waals surface area contributed by atoms with Crippen LogP contribution >= 0.6 is 21.6 Å². The largest absolute Gasteiger partial charge is 0.439 e. The van der Waals surface area contributed by atoms with Crippen molar-refractivity contribution in [3.05, 3.63) is 102 Å². The number of aliphatic imine (C=N–C) groups is 1. The van der Waals surface area contributed by atoms with Gasteiger partial charge >= 0.3 is 0 Å². The Morgan fingerprint density at radius 1 is 0.885 bits per heavy atom. The zero-order valence-electron chi connectivity index (χ0n) is 14.4. The lowest BCUT2D eigenvalue weighted by Gasteiger charge is -2.06. The fraction of sp³-hybridized carbons (Fsp3) is 0.0455. The Labute approximate surface area is 162 Å². The fourth-order valence-corrected chi connectivity index (χ4v) is 3.78. The van der Waals surface area contributed by atoms with E-state index in [1.54, 1.807) is 21.6 Å². The third-order valence-corrected chi connectivity index (χ3v) is 5.37. The van der Waals surface area contributed by atoms with Gasteiger partial charge in [0.05, 0.1) is 5.69 Å². The van der Waals surface area contributed by atoms with E-state index in [4.69, 9.17) is 4.74 Å². The van der Waals surface area contributed by atoms with Crippen LogP contribution in [0.4, 0.5) is 5.69 Å². The second-order valence-corrected chi connectivity index (χ2v) is 7.68. The van der Waals surface area contributed by atoms with Gasteiger partial charge in [0.25, 0.3) is 0 Å². The summed E-state index contributed by atoms with van der Waals surface area (Å²) >= 11 is 0. The lowest BCUT2D eigenvalue weighted by molar-refractivity contribution is 0.556. The number of nitrogens with zero attached hydrogens (tertiary/aromatic N) is 1. The Morgan fingerprint density at radius 3 is 2.35 bits per heavy atom. The molecule has 0 bridgehead atoms. The van der Waals surface area contributed by atoms with Crippen molar-refractivity contribution >= 4 is 33.2 Å². The molecule has 0 saturated heterocycles. The summed E-state index contributed by atoms with van der Waals surface area (Å²) < 4.78 is 5.95. The van der Waals surface area contributed by atoms with Gasteiger partial charge in [0.1, 0.15) is 5.75 Å². The van der Waals surface area contributed by atoms with Crippen molar-refractivity contribution < 1.29 is 4.74 Å². The van der Waals surface area contributed by atoms with Gasteiger partial charge in [-0.3, -0.25) is 0 Å². The van der Waals surface area contributed by atoms with E-state index in [0.29, 0.717) is 5.90 Å². The standard InChI is InChI=1S/C22H19NOS2/c1-18-9-8-10-19(17-18)23-22(24-20-11-4-2-5-12-20)15-16-25-26-21-13-6-3-7-14-21/h2-17H,1H3/b16-15+,23-22?. The summed E-state index contributed by atoms with van der Waals surface area (Å²) in [6.07, 6.45) is 1.90. The van der Waals surface area contributed by atoms with Gasteiger partial charge in [0, 0.05) is 11.0 Å². The number of hydrogen-bond acceptors (Lipinski definition) is 4. The van der Waals surface area contributed by atoms with E-state index in [0.717, 1.165) is 11.4 Å². The van der Waals surface area contributed by atoms with Crippen LogP contribution in [0.1, 0.15) is 5.56 Å². The van der Waals surface area contributed by atoms with Crippen molar-refractivity contribution in [3.63, 3.8) is 0 Å². The Balaban J connectivity index is 1.73. The van der Waals surface area contributed by atoms with Gasteiger partial charge in [0.2, 0.25) is 5.90 Å². The van der Waals surface area contributed by atoms with Crippen molar-refractivity contribution in [2.45, 2.75) is 11.8 Å². The van der Waals surface area contributed by atoms with Gasteiger partial charge in [-0.05, 0) is 54.3 Å². The van der Waals surface area contributed by atoms with Crippen LogP contribution in [0.25, 0.3) is 0 Å². The molecule has 2 nitrogen and oxygen atoms in total. The monoisotopic (exact) mass is 377 g/mol. The van der Waals surface area contributed by atoms with E-state index in [-0.39, 0.29) is 0 Å². The first-order chi connectivity index (χ1) is 12.8. The minimum absolute atomic E-state index is 0.558. The van der Waals surface area contributed by atoms with Crippen LogP contribution < -0.4 is 4.74 Å². The maximum atomic E-state index is 5.95. The van der Waals surface area contributed by atoms with Crippen LogP contribution in [0.5, 0.6) is 5.75 Å². The number of ether oxygens (including phenoxy) is 1. The molecule has 3 rings (SSSR count). The summed E-state index contributed by atoms with van der Waals surface area (Å²) in [7, 11) is 3.33. The SMILES string of the molecule is Cc1cccc(N=C(/C=C/SSc2ccccc2)Oc2ccccc2)c1. The molecule has 0 fully saturated rings. The van der Waals surface area contributed by atoms with Crippen LogP contribution in [-0.2, 0) is 0 Å².